The zero-order valence-electron chi connectivity index (χ0n) is 11.3. The van der Waals surface area contributed by atoms with Gasteiger partial charge >= 0.3 is 5.97 Å². The number of hydrogen-bond donors (Lipinski definition) is 1. The topological polar surface area (TPSA) is 81.2 Å². The Morgan fingerprint density at radius 3 is 2.65 bits per heavy atom. The second kappa shape index (κ2) is 6.10. The lowest BCUT2D eigenvalue weighted by Crippen LogP contribution is -2.42. The molecular formula is C14H15N3O3. The number of para-hydroxylation sites is 2. The zero-order chi connectivity index (χ0) is 14.5. The Hall–Kier alpha value is -2.50. The average Bonchev–Trinajstić information content (AvgIpc) is 2.45. The molecule has 1 aromatic heterocycles. The summed E-state index contributed by atoms with van der Waals surface area (Å²) in [5, 5.41) is 2.55. The van der Waals surface area contributed by atoms with Gasteiger partial charge in [0.15, 0.2) is 0 Å². The largest absolute Gasteiger partial charge is 0.467 e. The van der Waals surface area contributed by atoms with Gasteiger partial charge in [0.2, 0.25) is 5.91 Å². The third-order valence-electron chi connectivity index (χ3n) is 2.77. The maximum absolute atomic E-state index is 11.6. The van der Waals surface area contributed by atoms with E-state index in [1.54, 1.807) is 6.20 Å². The lowest BCUT2D eigenvalue weighted by Gasteiger charge is -2.14. The zero-order valence-corrected chi connectivity index (χ0v) is 11.3. The fourth-order valence-electron chi connectivity index (χ4n) is 1.88. The quantitative estimate of drug-likeness (QED) is 0.835. The first kappa shape index (κ1) is 13.9. The number of esters is 1. The molecule has 6 nitrogen and oxygen atoms in total. The number of fused-ring (bicyclic) bond motifs is 1. The van der Waals surface area contributed by atoms with Crippen LogP contribution in [-0.2, 0) is 20.7 Å². The van der Waals surface area contributed by atoms with Crippen LogP contribution in [0.1, 0.15) is 12.6 Å². The van der Waals surface area contributed by atoms with E-state index in [-0.39, 0.29) is 12.3 Å². The molecule has 0 spiro atoms. The number of benzene rings is 1. The summed E-state index contributed by atoms with van der Waals surface area (Å²) in [7, 11) is 1.28. The van der Waals surface area contributed by atoms with Crippen LogP contribution in [-0.4, -0.2) is 35.0 Å². The van der Waals surface area contributed by atoms with Crippen molar-refractivity contribution in [3.8, 4) is 0 Å². The predicted molar refractivity (Wildman–Crippen MR) is 72.9 cm³/mol. The van der Waals surface area contributed by atoms with Gasteiger partial charge in [-0.15, -0.1) is 0 Å². The van der Waals surface area contributed by atoms with Crippen molar-refractivity contribution in [1.82, 2.24) is 15.3 Å². The van der Waals surface area contributed by atoms with E-state index in [4.69, 9.17) is 0 Å². The molecule has 6 heteroatoms. The summed E-state index contributed by atoms with van der Waals surface area (Å²) in [6.07, 6.45) is 1.84. The molecule has 0 aliphatic rings. The maximum atomic E-state index is 11.6. The van der Waals surface area contributed by atoms with Gasteiger partial charge in [-0.2, -0.15) is 0 Å². The molecule has 0 bridgehead atoms. The summed E-state index contributed by atoms with van der Waals surface area (Å²) >= 11 is 0. The van der Waals surface area contributed by atoms with E-state index in [2.05, 4.69) is 20.0 Å². The average molecular weight is 273 g/mol. The lowest BCUT2D eigenvalue weighted by atomic mass is 10.1. The molecule has 1 amide bonds. The SMILES string of the molecule is COC(=O)[C@H](Cc1cnc2ccccc2n1)NC(C)=O. The van der Waals surface area contributed by atoms with Gasteiger partial charge in [0.05, 0.1) is 23.8 Å². The summed E-state index contributed by atoms with van der Waals surface area (Å²) in [4.78, 5) is 31.4. The Labute approximate surface area is 116 Å². The molecule has 0 aliphatic carbocycles. The molecule has 104 valence electrons. The van der Waals surface area contributed by atoms with Crippen LogP contribution in [0.5, 0.6) is 0 Å². The minimum atomic E-state index is -0.757. The molecule has 0 unspecified atom stereocenters. The van der Waals surface area contributed by atoms with Crippen molar-refractivity contribution in [1.29, 1.82) is 0 Å². The van der Waals surface area contributed by atoms with Crippen LogP contribution in [0.2, 0.25) is 0 Å². The van der Waals surface area contributed by atoms with Crippen molar-refractivity contribution in [2.24, 2.45) is 0 Å². The van der Waals surface area contributed by atoms with E-state index in [1.807, 2.05) is 24.3 Å². The minimum Gasteiger partial charge on any atom is -0.467 e. The molecule has 1 atom stereocenters. The van der Waals surface area contributed by atoms with Gasteiger partial charge in [-0.1, -0.05) is 12.1 Å². The Morgan fingerprint density at radius 2 is 2.00 bits per heavy atom. The molecule has 0 aliphatic heterocycles. The van der Waals surface area contributed by atoms with Gasteiger partial charge in [0, 0.05) is 19.5 Å². The predicted octanol–water partition coefficient (Wildman–Crippen LogP) is 0.850. The first-order chi connectivity index (χ1) is 9.60. The molecule has 0 saturated carbocycles. The van der Waals surface area contributed by atoms with Crippen molar-refractivity contribution in [3.05, 3.63) is 36.2 Å². The second-order valence-corrected chi connectivity index (χ2v) is 4.33. The lowest BCUT2D eigenvalue weighted by molar-refractivity contribution is -0.144. The summed E-state index contributed by atoms with van der Waals surface area (Å²) < 4.78 is 4.67. The van der Waals surface area contributed by atoms with Crippen LogP contribution in [0.3, 0.4) is 0 Å². The highest BCUT2D eigenvalue weighted by Crippen LogP contribution is 2.10. The number of nitrogens with zero attached hydrogens (tertiary/aromatic N) is 2. The highest BCUT2D eigenvalue weighted by atomic mass is 16.5. The molecular weight excluding hydrogens is 258 g/mol. The van der Waals surface area contributed by atoms with Gasteiger partial charge in [-0.25, -0.2) is 9.78 Å². The second-order valence-electron chi connectivity index (χ2n) is 4.33. The fraction of sp³-hybridized carbons (Fsp3) is 0.286. The number of carbonyl (C=O) groups excluding carboxylic acids is 2. The molecule has 1 heterocycles. The highest BCUT2D eigenvalue weighted by Gasteiger charge is 2.21. The molecule has 0 saturated heterocycles. The van der Waals surface area contributed by atoms with E-state index >= 15 is 0 Å². The van der Waals surface area contributed by atoms with Crippen LogP contribution < -0.4 is 5.32 Å². The first-order valence-corrected chi connectivity index (χ1v) is 6.15. The summed E-state index contributed by atoms with van der Waals surface area (Å²) in [5.74, 6) is -0.802. The third-order valence-corrected chi connectivity index (χ3v) is 2.77. The third kappa shape index (κ3) is 3.28. The van der Waals surface area contributed by atoms with Crippen molar-refractivity contribution in [3.63, 3.8) is 0 Å². The van der Waals surface area contributed by atoms with Gasteiger partial charge in [-0.05, 0) is 12.1 Å². The van der Waals surface area contributed by atoms with E-state index in [0.29, 0.717) is 5.69 Å². The molecule has 0 radical (unpaired) electrons. The molecule has 0 fully saturated rings. The van der Waals surface area contributed by atoms with Gasteiger partial charge in [0.25, 0.3) is 0 Å². The summed E-state index contributed by atoms with van der Waals surface area (Å²) in [6, 6.07) is 6.69. The fourth-order valence-corrected chi connectivity index (χ4v) is 1.88. The summed E-state index contributed by atoms with van der Waals surface area (Å²) in [6.45, 7) is 1.35. The molecule has 2 aromatic rings. The van der Waals surface area contributed by atoms with E-state index in [0.717, 1.165) is 11.0 Å². The number of ether oxygens (including phenoxy) is 1. The van der Waals surface area contributed by atoms with Gasteiger partial charge in [-0.3, -0.25) is 9.78 Å². The van der Waals surface area contributed by atoms with Gasteiger partial charge in [0.1, 0.15) is 6.04 Å². The number of aromatic nitrogens is 2. The molecule has 20 heavy (non-hydrogen) atoms. The monoisotopic (exact) mass is 273 g/mol. The van der Waals surface area contributed by atoms with Crippen molar-refractivity contribution < 1.29 is 14.3 Å². The van der Waals surface area contributed by atoms with Gasteiger partial charge < -0.3 is 10.1 Å². The Bertz CT molecular complexity index is 642. The molecule has 1 N–H and O–H groups in total. The first-order valence-electron chi connectivity index (χ1n) is 6.15. The normalized spacial score (nSPS) is 11.9. The molecule has 1 aromatic carbocycles. The highest BCUT2D eigenvalue weighted by molar-refractivity contribution is 5.83. The van der Waals surface area contributed by atoms with Crippen LogP contribution >= 0.6 is 0 Å². The van der Waals surface area contributed by atoms with Crippen LogP contribution in [0, 0.1) is 0 Å². The van der Waals surface area contributed by atoms with Crippen molar-refractivity contribution in [2.45, 2.75) is 19.4 Å². The van der Waals surface area contributed by atoms with E-state index in [9.17, 15) is 9.59 Å². The number of amides is 1. The number of methoxy groups -OCH3 is 1. The Morgan fingerprint density at radius 1 is 1.30 bits per heavy atom. The summed E-state index contributed by atoms with van der Waals surface area (Å²) in [5.41, 5.74) is 2.15. The smallest absolute Gasteiger partial charge is 0.328 e. The maximum Gasteiger partial charge on any atom is 0.328 e. The van der Waals surface area contributed by atoms with Crippen LogP contribution in [0.25, 0.3) is 11.0 Å². The number of carbonyl (C=O) groups is 2. The number of rotatable bonds is 4. The Kier molecular flexibility index (Phi) is 4.24. The molecule has 2 rings (SSSR count). The van der Waals surface area contributed by atoms with Crippen LogP contribution in [0.4, 0.5) is 0 Å². The minimum absolute atomic E-state index is 0.240. The van der Waals surface area contributed by atoms with E-state index in [1.165, 1.54) is 14.0 Å². The standard InChI is InChI=1S/C14H15N3O3/c1-9(18)16-13(14(19)20-2)7-10-8-15-11-5-3-4-6-12(11)17-10/h3-6,8,13H,7H2,1-2H3,(H,16,18)/t13-/m0/s1. The number of hydrogen-bond acceptors (Lipinski definition) is 5. The van der Waals surface area contributed by atoms with Crippen LogP contribution in [0.15, 0.2) is 30.5 Å². The van der Waals surface area contributed by atoms with Crippen molar-refractivity contribution >= 4 is 22.9 Å². The van der Waals surface area contributed by atoms with E-state index < -0.39 is 12.0 Å². The number of nitrogens with one attached hydrogen (secondary N) is 1. The van der Waals surface area contributed by atoms with Crippen molar-refractivity contribution in [2.75, 3.05) is 7.11 Å². The Balaban J connectivity index is 2.23.